The number of hydrogen-bond donors (Lipinski definition) is 1. The van der Waals surface area contributed by atoms with Gasteiger partial charge >= 0.3 is 0 Å². The van der Waals surface area contributed by atoms with Crippen LogP contribution >= 0.6 is 0 Å². The van der Waals surface area contributed by atoms with Gasteiger partial charge in [-0.25, -0.2) is 8.42 Å². The van der Waals surface area contributed by atoms with E-state index in [2.05, 4.69) is 12.2 Å². The number of benzene rings is 2. The summed E-state index contributed by atoms with van der Waals surface area (Å²) < 4.78 is 27.9. The summed E-state index contributed by atoms with van der Waals surface area (Å²) in [5.41, 5.74) is 1.20. The Bertz CT molecular complexity index is 1230. The average Bonchev–Trinajstić information content (AvgIpc) is 3.14. The van der Waals surface area contributed by atoms with Gasteiger partial charge in [0.2, 0.25) is 11.8 Å². The quantitative estimate of drug-likeness (QED) is 0.620. The number of hydrogen-bond acceptors (Lipinski definition) is 4. The van der Waals surface area contributed by atoms with Crippen molar-refractivity contribution in [3.63, 3.8) is 0 Å². The number of anilines is 1. The number of carbonyl (C=O) groups is 2. The third-order valence-electron chi connectivity index (χ3n) is 5.91. The number of sulfone groups is 1. The summed E-state index contributed by atoms with van der Waals surface area (Å²) in [5, 5.41) is 3.13. The molecule has 2 aromatic carbocycles. The minimum Gasteiger partial charge on any atom is -0.341 e. The van der Waals surface area contributed by atoms with Crippen LogP contribution in [0.3, 0.4) is 0 Å². The van der Waals surface area contributed by atoms with E-state index >= 15 is 0 Å². The summed E-state index contributed by atoms with van der Waals surface area (Å²) in [7, 11) is -3.91. The van der Waals surface area contributed by atoms with Crippen molar-refractivity contribution >= 4 is 38.2 Å². The number of rotatable bonds is 6. The highest BCUT2D eigenvalue weighted by Gasteiger charge is 2.26. The standard InChI is InChI=1S/C24H27N3O4S/c1-18-11-13-26(14-12-18)24(29)16-27-15-22(20-9-5-6-10-21(20)27)32(30,31)17-23(28)25-19-7-3-2-4-8-19/h2-10,15,18H,11-14,16-17H2,1H3,(H,25,28). The second kappa shape index (κ2) is 9.16. The molecule has 2 heterocycles. The van der Waals surface area contributed by atoms with Gasteiger partial charge in [-0.2, -0.15) is 0 Å². The Labute approximate surface area is 187 Å². The van der Waals surface area contributed by atoms with Crippen molar-refractivity contribution in [2.75, 3.05) is 24.2 Å². The smallest absolute Gasteiger partial charge is 0.242 e. The third-order valence-corrected chi connectivity index (χ3v) is 7.55. The zero-order valence-corrected chi connectivity index (χ0v) is 18.8. The predicted octanol–water partition coefficient (Wildman–Crippen LogP) is 3.31. The largest absolute Gasteiger partial charge is 0.341 e. The highest BCUT2D eigenvalue weighted by atomic mass is 32.2. The lowest BCUT2D eigenvalue weighted by atomic mass is 9.99. The van der Waals surface area contributed by atoms with Crippen molar-refractivity contribution in [1.82, 2.24) is 9.47 Å². The van der Waals surface area contributed by atoms with Crippen LogP contribution < -0.4 is 5.32 Å². The van der Waals surface area contributed by atoms with Gasteiger partial charge in [0.05, 0.1) is 4.90 Å². The van der Waals surface area contributed by atoms with Crippen molar-refractivity contribution in [2.24, 2.45) is 5.92 Å². The minimum absolute atomic E-state index is 0.0246. The van der Waals surface area contributed by atoms with Crippen LogP contribution in [0.25, 0.3) is 10.9 Å². The first-order valence-corrected chi connectivity index (χ1v) is 12.4. The second-order valence-electron chi connectivity index (χ2n) is 8.37. The Kier molecular flexibility index (Phi) is 6.32. The Hall–Kier alpha value is -3.13. The van der Waals surface area contributed by atoms with E-state index in [-0.39, 0.29) is 17.3 Å². The molecule has 168 valence electrons. The molecule has 1 aliphatic rings. The molecule has 1 N–H and O–H groups in total. The van der Waals surface area contributed by atoms with Gasteiger partial charge in [0.15, 0.2) is 9.84 Å². The zero-order valence-electron chi connectivity index (χ0n) is 18.0. The number of carbonyl (C=O) groups excluding carboxylic acids is 2. The van der Waals surface area contributed by atoms with Gasteiger partial charge in [-0.1, -0.05) is 43.3 Å². The number of fused-ring (bicyclic) bond motifs is 1. The maximum atomic E-state index is 13.1. The molecule has 0 unspecified atom stereocenters. The van der Waals surface area contributed by atoms with E-state index in [1.165, 1.54) is 6.20 Å². The Balaban J connectivity index is 1.56. The van der Waals surface area contributed by atoms with Gasteiger partial charge in [0.25, 0.3) is 0 Å². The predicted molar refractivity (Wildman–Crippen MR) is 124 cm³/mol. The SMILES string of the molecule is CC1CCN(C(=O)Cn2cc(S(=O)(=O)CC(=O)Nc3ccccc3)c3ccccc32)CC1. The van der Waals surface area contributed by atoms with Crippen LogP contribution in [0.1, 0.15) is 19.8 Å². The lowest BCUT2D eigenvalue weighted by molar-refractivity contribution is -0.133. The fraction of sp³-hybridized carbons (Fsp3) is 0.333. The summed E-state index contributed by atoms with van der Waals surface area (Å²) in [5.74, 6) is -0.686. The zero-order chi connectivity index (χ0) is 22.7. The van der Waals surface area contributed by atoms with Crippen LogP contribution in [0, 0.1) is 5.92 Å². The molecule has 1 aromatic heterocycles. The van der Waals surface area contributed by atoms with E-state index in [1.807, 2.05) is 17.0 Å². The second-order valence-corrected chi connectivity index (χ2v) is 10.3. The van der Waals surface area contributed by atoms with Crippen LogP contribution in [0.5, 0.6) is 0 Å². The number of piperidine rings is 1. The first-order chi connectivity index (χ1) is 15.3. The molecule has 0 bridgehead atoms. The van der Waals surface area contributed by atoms with Crippen LogP contribution in [-0.2, 0) is 26.0 Å². The van der Waals surface area contributed by atoms with Gasteiger partial charge in [-0.15, -0.1) is 0 Å². The molecule has 2 amide bonds. The number of likely N-dealkylation sites (tertiary alicyclic amines) is 1. The van der Waals surface area contributed by atoms with Crippen LogP contribution in [0.15, 0.2) is 65.7 Å². The summed E-state index contributed by atoms with van der Waals surface area (Å²) in [4.78, 5) is 27.2. The Morgan fingerprint density at radius 2 is 1.66 bits per heavy atom. The molecule has 0 radical (unpaired) electrons. The van der Waals surface area contributed by atoms with Crippen molar-refractivity contribution in [1.29, 1.82) is 0 Å². The number of nitrogens with zero attached hydrogens (tertiary/aromatic N) is 2. The number of nitrogens with one attached hydrogen (secondary N) is 1. The number of para-hydroxylation sites is 2. The van der Waals surface area contributed by atoms with Gasteiger partial charge in [-0.3, -0.25) is 9.59 Å². The van der Waals surface area contributed by atoms with Crippen molar-refractivity contribution in [3.8, 4) is 0 Å². The van der Waals surface area contributed by atoms with E-state index < -0.39 is 21.5 Å². The van der Waals surface area contributed by atoms with E-state index in [0.717, 1.165) is 25.9 Å². The molecule has 1 aliphatic heterocycles. The fourth-order valence-electron chi connectivity index (χ4n) is 4.06. The minimum atomic E-state index is -3.91. The average molecular weight is 454 g/mol. The Morgan fingerprint density at radius 1 is 1.00 bits per heavy atom. The van der Waals surface area contributed by atoms with E-state index in [9.17, 15) is 18.0 Å². The molecule has 1 fully saturated rings. The normalized spacial score (nSPS) is 15.1. The van der Waals surface area contributed by atoms with Crippen LogP contribution in [0.2, 0.25) is 0 Å². The van der Waals surface area contributed by atoms with Gasteiger partial charge in [0, 0.05) is 35.9 Å². The highest BCUT2D eigenvalue weighted by Crippen LogP contribution is 2.27. The van der Waals surface area contributed by atoms with E-state index in [0.29, 0.717) is 22.5 Å². The lowest BCUT2D eigenvalue weighted by Crippen LogP contribution is -2.39. The van der Waals surface area contributed by atoms with Gasteiger partial charge < -0.3 is 14.8 Å². The monoisotopic (exact) mass is 453 g/mol. The van der Waals surface area contributed by atoms with Gasteiger partial charge in [0.1, 0.15) is 12.3 Å². The topological polar surface area (TPSA) is 88.5 Å². The molecule has 3 aromatic rings. The molecule has 1 saturated heterocycles. The van der Waals surface area contributed by atoms with Crippen molar-refractivity contribution in [2.45, 2.75) is 31.2 Å². The molecule has 32 heavy (non-hydrogen) atoms. The number of amides is 2. The Morgan fingerprint density at radius 3 is 2.38 bits per heavy atom. The van der Waals surface area contributed by atoms with E-state index in [4.69, 9.17) is 0 Å². The van der Waals surface area contributed by atoms with E-state index in [1.54, 1.807) is 47.0 Å². The summed E-state index contributed by atoms with van der Waals surface area (Å²) in [6.45, 7) is 3.71. The summed E-state index contributed by atoms with van der Waals surface area (Å²) in [6, 6.07) is 15.8. The van der Waals surface area contributed by atoms with Crippen LogP contribution in [-0.4, -0.2) is 48.5 Å². The molecule has 0 saturated carbocycles. The molecule has 0 aliphatic carbocycles. The first-order valence-electron chi connectivity index (χ1n) is 10.8. The molecule has 8 heteroatoms. The fourth-order valence-corrected chi connectivity index (χ4v) is 5.43. The third kappa shape index (κ3) is 4.85. The molecule has 0 atom stereocenters. The molecule has 0 spiro atoms. The summed E-state index contributed by atoms with van der Waals surface area (Å²) >= 11 is 0. The van der Waals surface area contributed by atoms with Crippen molar-refractivity contribution < 1.29 is 18.0 Å². The lowest BCUT2D eigenvalue weighted by Gasteiger charge is -2.30. The molecule has 4 rings (SSSR count). The maximum absolute atomic E-state index is 13.1. The number of aromatic nitrogens is 1. The van der Waals surface area contributed by atoms with Crippen LogP contribution in [0.4, 0.5) is 5.69 Å². The van der Waals surface area contributed by atoms with Gasteiger partial charge in [-0.05, 0) is 37.0 Å². The highest BCUT2D eigenvalue weighted by molar-refractivity contribution is 7.92. The van der Waals surface area contributed by atoms with Crippen molar-refractivity contribution in [3.05, 3.63) is 60.8 Å². The molecular formula is C24H27N3O4S. The molecule has 7 nitrogen and oxygen atoms in total. The first kappa shape index (κ1) is 22.1. The maximum Gasteiger partial charge on any atom is 0.242 e. The summed E-state index contributed by atoms with van der Waals surface area (Å²) in [6.07, 6.45) is 3.45. The molecular weight excluding hydrogens is 426 g/mol.